The van der Waals surface area contributed by atoms with Crippen LogP contribution in [0.1, 0.15) is 31.5 Å². The summed E-state index contributed by atoms with van der Waals surface area (Å²) >= 11 is 0. The van der Waals surface area contributed by atoms with E-state index >= 15 is 0 Å². The van der Waals surface area contributed by atoms with E-state index in [9.17, 15) is 9.18 Å². The number of halogens is 1. The number of aryl methyl sites for hydroxylation is 1. The van der Waals surface area contributed by atoms with Crippen LogP contribution < -0.4 is 4.90 Å². The van der Waals surface area contributed by atoms with Crippen molar-refractivity contribution in [1.29, 1.82) is 0 Å². The molecule has 1 aliphatic rings. The average molecular weight is 337 g/mol. The van der Waals surface area contributed by atoms with Crippen molar-refractivity contribution < 1.29 is 9.18 Å². The topological polar surface area (TPSA) is 38.1 Å². The van der Waals surface area contributed by atoms with Gasteiger partial charge in [0.25, 0.3) is 0 Å². The number of hydrogen-bond donors (Lipinski definition) is 0. The van der Waals surface area contributed by atoms with Gasteiger partial charge in [0.15, 0.2) is 0 Å². The van der Waals surface area contributed by atoms with E-state index in [2.05, 4.69) is 17.6 Å². The van der Waals surface area contributed by atoms with Gasteiger partial charge in [-0.2, -0.15) is 0 Å². The second-order valence-electron chi connectivity index (χ2n) is 6.50. The van der Waals surface area contributed by atoms with Crippen LogP contribution >= 0.6 is 0 Å². The molecule has 0 aliphatic carbocycles. The number of nitrogens with zero attached hydrogens (tertiary/aromatic N) is 3. The first-order chi connectivity index (χ1) is 12.2. The molecule has 0 spiro atoms. The predicted molar refractivity (Wildman–Crippen MR) is 96.1 cm³/mol. The van der Waals surface area contributed by atoms with E-state index in [4.69, 9.17) is 4.98 Å². The van der Waals surface area contributed by atoms with E-state index in [0.29, 0.717) is 18.7 Å². The Morgan fingerprint density at radius 2 is 2.04 bits per heavy atom. The van der Waals surface area contributed by atoms with Crippen molar-refractivity contribution in [1.82, 2.24) is 9.55 Å². The molecule has 1 saturated heterocycles. The molecule has 4 rings (SSSR count). The van der Waals surface area contributed by atoms with Crippen molar-refractivity contribution >= 4 is 22.6 Å². The van der Waals surface area contributed by atoms with E-state index in [0.717, 1.165) is 29.8 Å². The summed E-state index contributed by atoms with van der Waals surface area (Å²) in [4.78, 5) is 19.0. The second kappa shape index (κ2) is 6.31. The maximum absolute atomic E-state index is 13.5. The summed E-state index contributed by atoms with van der Waals surface area (Å²) in [5.74, 6) is 0.669. The van der Waals surface area contributed by atoms with Gasteiger partial charge >= 0.3 is 0 Å². The van der Waals surface area contributed by atoms with Gasteiger partial charge in [0.2, 0.25) is 5.91 Å². The number of amides is 1. The Morgan fingerprint density at radius 1 is 1.20 bits per heavy atom. The van der Waals surface area contributed by atoms with Crippen LogP contribution in [0.3, 0.4) is 0 Å². The highest BCUT2D eigenvalue weighted by Crippen LogP contribution is 2.33. The van der Waals surface area contributed by atoms with Gasteiger partial charge in [0.1, 0.15) is 11.6 Å². The zero-order valence-corrected chi connectivity index (χ0v) is 14.2. The summed E-state index contributed by atoms with van der Waals surface area (Å²) in [6.45, 7) is 3.55. The van der Waals surface area contributed by atoms with Crippen LogP contribution in [-0.4, -0.2) is 22.0 Å². The van der Waals surface area contributed by atoms with Crippen molar-refractivity contribution in [3.63, 3.8) is 0 Å². The number of fused-ring (bicyclic) bond motifs is 1. The number of benzene rings is 2. The standard InChI is InChI=1S/C20H20FN3O/c1-2-10-23-18-9-4-3-8-17(18)22-20(23)14-11-19(25)24(13-14)16-7-5-6-15(21)12-16/h3-9,12,14H,2,10-11,13H2,1H3. The number of anilines is 1. The van der Waals surface area contributed by atoms with Crippen molar-refractivity contribution in [2.75, 3.05) is 11.4 Å². The van der Waals surface area contributed by atoms with Crippen LogP contribution in [0.5, 0.6) is 0 Å². The molecule has 5 heteroatoms. The summed E-state index contributed by atoms with van der Waals surface area (Å²) in [6, 6.07) is 14.3. The fourth-order valence-electron chi connectivity index (χ4n) is 3.64. The SMILES string of the molecule is CCCn1c(C2CC(=O)N(c3cccc(F)c3)C2)nc2ccccc21. The summed E-state index contributed by atoms with van der Waals surface area (Å²) in [7, 11) is 0. The Labute approximate surface area is 145 Å². The highest BCUT2D eigenvalue weighted by atomic mass is 19.1. The minimum atomic E-state index is -0.327. The van der Waals surface area contributed by atoms with E-state index in [1.54, 1.807) is 17.0 Å². The number of carbonyl (C=O) groups is 1. The van der Waals surface area contributed by atoms with Crippen LogP contribution in [0.15, 0.2) is 48.5 Å². The fraction of sp³-hybridized carbons (Fsp3) is 0.300. The van der Waals surface area contributed by atoms with E-state index < -0.39 is 0 Å². The first-order valence-electron chi connectivity index (χ1n) is 8.68. The van der Waals surface area contributed by atoms with E-state index in [1.165, 1.54) is 12.1 Å². The van der Waals surface area contributed by atoms with Gasteiger partial charge in [-0.05, 0) is 36.8 Å². The van der Waals surface area contributed by atoms with Crippen LogP contribution in [0.2, 0.25) is 0 Å². The minimum absolute atomic E-state index is 0.0192. The van der Waals surface area contributed by atoms with Crippen molar-refractivity contribution in [2.24, 2.45) is 0 Å². The average Bonchev–Trinajstić information content (AvgIpc) is 3.16. The summed E-state index contributed by atoms with van der Waals surface area (Å²) in [5, 5.41) is 0. The third kappa shape index (κ3) is 2.80. The lowest BCUT2D eigenvalue weighted by atomic mass is 10.1. The van der Waals surface area contributed by atoms with Gasteiger partial charge in [0, 0.05) is 31.1 Å². The second-order valence-corrected chi connectivity index (χ2v) is 6.50. The number of aromatic nitrogens is 2. The summed E-state index contributed by atoms with van der Waals surface area (Å²) < 4.78 is 15.7. The molecule has 4 nitrogen and oxygen atoms in total. The minimum Gasteiger partial charge on any atom is -0.328 e. The van der Waals surface area contributed by atoms with Gasteiger partial charge in [-0.1, -0.05) is 25.1 Å². The number of carbonyl (C=O) groups excluding carboxylic acids is 1. The first-order valence-corrected chi connectivity index (χ1v) is 8.68. The molecule has 1 aromatic heterocycles. The smallest absolute Gasteiger partial charge is 0.227 e. The third-order valence-corrected chi connectivity index (χ3v) is 4.74. The van der Waals surface area contributed by atoms with Gasteiger partial charge in [-0.15, -0.1) is 0 Å². The lowest BCUT2D eigenvalue weighted by Crippen LogP contribution is -2.24. The van der Waals surface area contributed by atoms with Gasteiger partial charge < -0.3 is 9.47 Å². The Hall–Kier alpha value is -2.69. The highest BCUT2D eigenvalue weighted by molar-refractivity contribution is 5.96. The number of hydrogen-bond acceptors (Lipinski definition) is 2. The zero-order chi connectivity index (χ0) is 17.4. The van der Waals surface area contributed by atoms with Gasteiger partial charge in [-0.25, -0.2) is 9.37 Å². The lowest BCUT2D eigenvalue weighted by Gasteiger charge is -2.17. The molecule has 2 aromatic carbocycles. The molecule has 1 unspecified atom stereocenters. The number of rotatable bonds is 4. The Morgan fingerprint density at radius 3 is 2.84 bits per heavy atom. The molecular weight excluding hydrogens is 317 g/mol. The summed E-state index contributed by atoms with van der Waals surface area (Å²) in [5.41, 5.74) is 2.68. The van der Waals surface area contributed by atoms with Crippen LogP contribution in [0, 0.1) is 5.82 Å². The largest absolute Gasteiger partial charge is 0.328 e. The fourth-order valence-corrected chi connectivity index (χ4v) is 3.64. The molecule has 0 saturated carbocycles. The van der Waals surface area contributed by atoms with Crippen molar-refractivity contribution in [3.8, 4) is 0 Å². The quantitative estimate of drug-likeness (QED) is 0.719. The molecule has 2 heterocycles. The Kier molecular flexibility index (Phi) is 3.99. The normalized spacial score (nSPS) is 17.6. The Balaban J connectivity index is 1.70. The highest BCUT2D eigenvalue weighted by Gasteiger charge is 2.34. The molecule has 1 aliphatic heterocycles. The predicted octanol–water partition coefficient (Wildman–Crippen LogP) is 4.11. The van der Waals surface area contributed by atoms with Crippen molar-refractivity contribution in [3.05, 3.63) is 60.2 Å². The molecule has 1 atom stereocenters. The molecule has 128 valence electrons. The van der Waals surface area contributed by atoms with Gasteiger partial charge in [0.05, 0.1) is 11.0 Å². The zero-order valence-electron chi connectivity index (χ0n) is 14.2. The number of para-hydroxylation sites is 2. The molecule has 0 N–H and O–H groups in total. The summed E-state index contributed by atoms with van der Waals surface area (Å²) in [6.07, 6.45) is 1.41. The first kappa shape index (κ1) is 15.8. The van der Waals surface area contributed by atoms with E-state index in [-0.39, 0.29) is 17.6 Å². The molecule has 25 heavy (non-hydrogen) atoms. The maximum atomic E-state index is 13.5. The van der Waals surface area contributed by atoms with E-state index in [1.807, 2.05) is 18.2 Å². The maximum Gasteiger partial charge on any atom is 0.227 e. The third-order valence-electron chi connectivity index (χ3n) is 4.74. The molecule has 0 radical (unpaired) electrons. The number of imidazole rings is 1. The molecule has 1 fully saturated rings. The van der Waals surface area contributed by atoms with Gasteiger partial charge in [-0.3, -0.25) is 4.79 Å². The molecular formula is C20H20FN3O. The molecule has 0 bridgehead atoms. The van der Waals surface area contributed by atoms with Crippen LogP contribution in [-0.2, 0) is 11.3 Å². The van der Waals surface area contributed by atoms with Crippen LogP contribution in [0.25, 0.3) is 11.0 Å². The Bertz CT molecular complexity index is 934. The molecule has 3 aromatic rings. The van der Waals surface area contributed by atoms with Crippen LogP contribution in [0.4, 0.5) is 10.1 Å². The van der Waals surface area contributed by atoms with Crippen molar-refractivity contribution in [2.45, 2.75) is 32.2 Å². The molecule has 1 amide bonds. The lowest BCUT2D eigenvalue weighted by molar-refractivity contribution is -0.117. The monoisotopic (exact) mass is 337 g/mol.